The lowest BCUT2D eigenvalue weighted by Crippen LogP contribution is -2.22. The first-order chi connectivity index (χ1) is 22.6. The van der Waals surface area contributed by atoms with Crippen molar-refractivity contribution in [1.82, 2.24) is 43.4 Å². The molecular weight excluding hydrogens is 639 g/mol. The lowest BCUT2D eigenvalue weighted by Gasteiger charge is -2.20. The van der Waals surface area contributed by atoms with Gasteiger partial charge in [-0.15, -0.1) is 0 Å². The fourth-order valence-corrected chi connectivity index (χ4v) is 4.34. The van der Waals surface area contributed by atoms with Gasteiger partial charge in [-0.05, 0) is 109 Å². The van der Waals surface area contributed by atoms with Gasteiger partial charge in [-0.2, -0.15) is 18.3 Å². The summed E-state index contributed by atoms with van der Waals surface area (Å²) < 4.78 is 44.1. The third-order valence-electron chi connectivity index (χ3n) is 8.29. The van der Waals surface area contributed by atoms with E-state index >= 15 is 0 Å². The molecule has 2 aliphatic rings. The molecule has 0 aliphatic heterocycles. The molecule has 0 atom stereocenters. The second-order valence-corrected chi connectivity index (χ2v) is 18.6. The van der Waals surface area contributed by atoms with Crippen molar-refractivity contribution in [2.24, 2.45) is 0 Å². The highest BCUT2D eigenvalue weighted by atomic mass is 19.4. The van der Waals surface area contributed by atoms with E-state index in [2.05, 4.69) is 130 Å². The summed E-state index contributed by atoms with van der Waals surface area (Å²) in [5, 5.41) is 4.45. The van der Waals surface area contributed by atoms with Crippen molar-refractivity contribution in [2.75, 3.05) is 0 Å². The molecule has 9 nitrogen and oxygen atoms in total. The highest BCUT2D eigenvalue weighted by molar-refractivity contribution is 5.12. The standard InChI is InChI=1S/C11H20N2.C10H16N2.C9H15N3.C8H11F3N2/c1-10(2,3)9-7-13(8-12-9)11(4,5)6;1-10(2,3)12-6-9(11-7-12)8-4-5-8;1-9(2,3)12-6-10-8(11-12)7-4-5-7;1-7(2,3)13-4-6(12-5-13)8(9,10)11/h7-8H,1-6H3;6-8H,4-5H2,1-3H3;6-7H,4-5H2,1-3H3;4-5H,1-3H3. The van der Waals surface area contributed by atoms with Gasteiger partial charge in [0.15, 0.2) is 11.5 Å². The van der Waals surface area contributed by atoms with E-state index in [1.807, 2.05) is 44.4 Å². The van der Waals surface area contributed by atoms with Crippen LogP contribution in [0.5, 0.6) is 0 Å². The van der Waals surface area contributed by atoms with Crippen molar-refractivity contribution < 1.29 is 13.2 Å². The van der Waals surface area contributed by atoms with Gasteiger partial charge in [0.25, 0.3) is 0 Å². The lowest BCUT2D eigenvalue weighted by atomic mass is 9.93. The molecule has 0 radical (unpaired) electrons. The Morgan fingerprint density at radius 1 is 0.500 bits per heavy atom. The lowest BCUT2D eigenvalue weighted by molar-refractivity contribution is -0.141. The third-order valence-corrected chi connectivity index (χ3v) is 8.29. The van der Waals surface area contributed by atoms with E-state index in [9.17, 15) is 13.2 Å². The predicted molar refractivity (Wildman–Crippen MR) is 194 cm³/mol. The highest BCUT2D eigenvalue weighted by Crippen LogP contribution is 2.39. The number of aromatic nitrogens is 9. The number of alkyl halides is 3. The summed E-state index contributed by atoms with van der Waals surface area (Å²) in [6.45, 7) is 31.5. The van der Waals surface area contributed by atoms with E-state index in [4.69, 9.17) is 0 Å². The quantitative estimate of drug-likeness (QED) is 0.208. The molecule has 4 aromatic heterocycles. The Hall–Kier alpha value is -3.44. The van der Waals surface area contributed by atoms with Gasteiger partial charge in [0.1, 0.15) is 6.33 Å². The second-order valence-electron chi connectivity index (χ2n) is 18.6. The van der Waals surface area contributed by atoms with Crippen molar-refractivity contribution in [2.45, 2.75) is 175 Å². The molecule has 0 N–H and O–H groups in total. The molecule has 0 spiro atoms. The number of imidazole rings is 3. The SMILES string of the molecule is CC(C)(C)c1cn(C(C)(C)C)cn1.CC(C)(C)n1cnc(C(F)(F)F)c1.CC(C)(C)n1cnc(C2CC2)c1.CC(C)(C)n1cnc(C2CC2)n1. The number of hydrogen-bond donors (Lipinski definition) is 0. The van der Waals surface area contributed by atoms with Crippen molar-refractivity contribution >= 4 is 0 Å². The first-order valence-electron chi connectivity index (χ1n) is 17.7. The van der Waals surface area contributed by atoms with Crippen LogP contribution < -0.4 is 0 Å². The van der Waals surface area contributed by atoms with Crippen molar-refractivity contribution in [3.05, 3.63) is 66.8 Å². The Labute approximate surface area is 298 Å². The molecule has 0 amide bonds. The van der Waals surface area contributed by atoms with Gasteiger partial charge in [-0.25, -0.2) is 24.6 Å². The number of halogens is 3. The van der Waals surface area contributed by atoms with Gasteiger partial charge < -0.3 is 13.7 Å². The van der Waals surface area contributed by atoms with Crippen LogP contribution >= 0.6 is 0 Å². The zero-order chi connectivity index (χ0) is 38.1. The summed E-state index contributed by atoms with van der Waals surface area (Å²) in [5.74, 6) is 2.46. The van der Waals surface area contributed by atoms with Gasteiger partial charge in [-0.3, -0.25) is 0 Å². The van der Waals surface area contributed by atoms with Crippen LogP contribution in [-0.2, 0) is 33.7 Å². The maximum Gasteiger partial charge on any atom is 0.434 e. The minimum absolute atomic E-state index is 0.0696. The number of rotatable bonds is 2. The van der Waals surface area contributed by atoms with Crippen LogP contribution in [0.2, 0.25) is 0 Å². The molecule has 6 rings (SSSR count). The summed E-state index contributed by atoms with van der Waals surface area (Å²) in [6, 6.07) is 0. The summed E-state index contributed by atoms with van der Waals surface area (Å²) >= 11 is 0. The van der Waals surface area contributed by atoms with Crippen LogP contribution in [0.4, 0.5) is 13.2 Å². The van der Waals surface area contributed by atoms with Gasteiger partial charge in [0.05, 0.1) is 35.9 Å². The van der Waals surface area contributed by atoms with Crippen LogP contribution in [0.15, 0.2) is 43.9 Å². The Kier molecular flexibility index (Phi) is 12.0. The maximum atomic E-state index is 12.1. The Morgan fingerprint density at radius 2 is 0.920 bits per heavy atom. The highest BCUT2D eigenvalue weighted by Gasteiger charge is 2.34. The van der Waals surface area contributed by atoms with Gasteiger partial charge >= 0.3 is 6.18 Å². The summed E-state index contributed by atoms with van der Waals surface area (Å²) in [7, 11) is 0. The van der Waals surface area contributed by atoms with Gasteiger partial charge in [-0.1, -0.05) is 20.8 Å². The molecule has 0 saturated heterocycles. The van der Waals surface area contributed by atoms with E-state index in [0.29, 0.717) is 5.92 Å². The molecule has 12 heteroatoms. The van der Waals surface area contributed by atoms with E-state index < -0.39 is 11.9 Å². The number of hydrogen-bond acceptors (Lipinski definition) is 5. The molecule has 0 bridgehead atoms. The molecule has 2 fully saturated rings. The topological polar surface area (TPSA) is 84.2 Å². The van der Waals surface area contributed by atoms with E-state index in [-0.39, 0.29) is 27.6 Å². The molecule has 2 saturated carbocycles. The van der Waals surface area contributed by atoms with Crippen LogP contribution in [0.1, 0.15) is 164 Å². The summed E-state index contributed by atoms with van der Waals surface area (Å²) in [6.07, 6.45) is 13.1. The first kappa shape index (κ1) is 41.0. The maximum absolute atomic E-state index is 12.1. The van der Waals surface area contributed by atoms with Crippen molar-refractivity contribution in [3.8, 4) is 0 Å². The minimum Gasteiger partial charge on any atom is -0.332 e. The second kappa shape index (κ2) is 14.7. The molecule has 0 unspecified atom stereocenters. The zero-order valence-electron chi connectivity index (χ0n) is 33.2. The fourth-order valence-electron chi connectivity index (χ4n) is 4.34. The van der Waals surface area contributed by atoms with Crippen LogP contribution in [0.3, 0.4) is 0 Å². The van der Waals surface area contributed by atoms with Crippen molar-refractivity contribution in [3.63, 3.8) is 0 Å². The van der Waals surface area contributed by atoms with E-state index in [1.165, 1.54) is 42.3 Å². The molecule has 0 aromatic carbocycles. The monoisotopic (exact) mass is 702 g/mol. The Balaban J connectivity index is 0.000000180. The van der Waals surface area contributed by atoms with E-state index in [0.717, 1.165) is 23.6 Å². The van der Waals surface area contributed by atoms with Crippen LogP contribution in [0.25, 0.3) is 0 Å². The summed E-state index contributed by atoms with van der Waals surface area (Å²) in [5.41, 5.74) is 1.76. The number of nitrogens with zero attached hydrogens (tertiary/aromatic N) is 9. The largest absolute Gasteiger partial charge is 0.434 e. The molecule has 4 aromatic rings. The Morgan fingerprint density at radius 3 is 1.22 bits per heavy atom. The normalized spacial score (nSPS) is 15.7. The van der Waals surface area contributed by atoms with Gasteiger partial charge in [0.2, 0.25) is 0 Å². The van der Waals surface area contributed by atoms with Crippen LogP contribution in [-0.4, -0.2) is 43.4 Å². The third kappa shape index (κ3) is 12.4. The first-order valence-corrected chi connectivity index (χ1v) is 17.7. The summed E-state index contributed by atoms with van der Waals surface area (Å²) in [4.78, 5) is 16.4. The molecule has 4 heterocycles. The minimum atomic E-state index is -4.35. The molecule has 2 aliphatic carbocycles. The van der Waals surface area contributed by atoms with Crippen molar-refractivity contribution in [1.29, 1.82) is 0 Å². The average Bonchev–Trinajstić information content (AvgIpc) is 3.64. The molecular formula is C38H62F3N9. The fraction of sp³-hybridized carbons (Fsp3) is 0.711. The molecule has 50 heavy (non-hydrogen) atoms. The van der Waals surface area contributed by atoms with Crippen LogP contribution in [0, 0.1) is 0 Å². The van der Waals surface area contributed by atoms with E-state index in [1.54, 1.807) is 0 Å². The smallest absolute Gasteiger partial charge is 0.332 e. The predicted octanol–water partition coefficient (Wildman–Crippen LogP) is 10.0. The Bertz CT molecular complexity index is 1450. The van der Waals surface area contributed by atoms with Gasteiger partial charge in [0, 0.05) is 52.5 Å². The average molecular weight is 702 g/mol. The molecule has 280 valence electrons. The zero-order valence-corrected chi connectivity index (χ0v) is 33.2.